The highest BCUT2D eigenvalue weighted by Gasteiger charge is 2.20. The van der Waals surface area contributed by atoms with E-state index < -0.39 is 22.8 Å². The lowest BCUT2D eigenvalue weighted by atomic mass is 10.3. The van der Waals surface area contributed by atoms with E-state index in [2.05, 4.69) is 26.2 Å². The molecule has 1 atom stereocenters. The maximum atomic E-state index is 10.9. The van der Waals surface area contributed by atoms with Crippen molar-refractivity contribution in [2.75, 3.05) is 5.75 Å². The topological polar surface area (TPSA) is 122 Å². The van der Waals surface area contributed by atoms with Gasteiger partial charge >= 0.3 is 5.97 Å². The number of carbonyl (C=O) groups excluding carboxylic acids is 1. The van der Waals surface area contributed by atoms with Crippen molar-refractivity contribution in [2.24, 2.45) is 0 Å². The molecular formula is C10H10BrN3O5S. The summed E-state index contributed by atoms with van der Waals surface area (Å²) < 4.78 is 0.392. The quantitative estimate of drug-likeness (QED) is 0.445. The zero-order valence-corrected chi connectivity index (χ0v) is 12.6. The summed E-state index contributed by atoms with van der Waals surface area (Å²) in [5.74, 6) is -1.56. The van der Waals surface area contributed by atoms with Crippen LogP contribution in [-0.4, -0.2) is 38.7 Å². The Morgan fingerprint density at radius 2 is 2.30 bits per heavy atom. The van der Waals surface area contributed by atoms with Gasteiger partial charge < -0.3 is 10.4 Å². The molecule has 0 unspecified atom stereocenters. The van der Waals surface area contributed by atoms with E-state index >= 15 is 0 Å². The van der Waals surface area contributed by atoms with Crippen LogP contribution in [0.15, 0.2) is 21.8 Å². The third-order valence-corrected chi connectivity index (χ3v) is 4.03. The first-order chi connectivity index (χ1) is 9.31. The molecular weight excluding hydrogens is 354 g/mol. The summed E-state index contributed by atoms with van der Waals surface area (Å²) in [6, 6.07) is 0.227. The van der Waals surface area contributed by atoms with Crippen LogP contribution in [0.25, 0.3) is 0 Å². The largest absolute Gasteiger partial charge is 0.480 e. The van der Waals surface area contributed by atoms with Gasteiger partial charge in [-0.25, -0.2) is 9.78 Å². The average molecular weight is 364 g/mol. The van der Waals surface area contributed by atoms with Gasteiger partial charge in [-0.05, 0) is 15.9 Å². The number of halogens is 1. The number of nitrogens with zero attached hydrogens (tertiary/aromatic N) is 2. The van der Waals surface area contributed by atoms with E-state index in [0.29, 0.717) is 9.50 Å². The van der Waals surface area contributed by atoms with Gasteiger partial charge in [0.2, 0.25) is 5.91 Å². The number of carbonyl (C=O) groups is 2. The molecule has 108 valence electrons. The summed E-state index contributed by atoms with van der Waals surface area (Å²) in [4.78, 5) is 35.7. The zero-order valence-electron chi connectivity index (χ0n) is 10.2. The van der Waals surface area contributed by atoms with Gasteiger partial charge in [-0.3, -0.25) is 14.9 Å². The van der Waals surface area contributed by atoms with Crippen molar-refractivity contribution in [1.82, 2.24) is 10.3 Å². The van der Waals surface area contributed by atoms with E-state index in [1.807, 2.05) is 0 Å². The maximum absolute atomic E-state index is 10.9. The smallest absolute Gasteiger partial charge is 0.327 e. The predicted molar refractivity (Wildman–Crippen MR) is 74.6 cm³/mol. The van der Waals surface area contributed by atoms with E-state index in [0.717, 1.165) is 18.0 Å². The lowest BCUT2D eigenvalue weighted by Crippen LogP contribution is -2.41. The molecule has 0 bridgehead atoms. The normalized spacial score (nSPS) is 11.7. The Morgan fingerprint density at radius 3 is 2.75 bits per heavy atom. The summed E-state index contributed by atoms with van der Waals surface area (Å²) in [5.41, 5.74) is -0.169. The number of carboxylic acids is 1. The molecule has 0 radical (unpaired) electrons. The molecule has 0 aliphatic heterocycles. The number of amides is 1. The standard InChI is InChI=1S/C10H10BrN3O5S/c1-5(15)13-8(10(16)17)4-20-9-7(11)2-6(3-12-9)14(18)19/h2-3,8H,4H2,1H3,(H,13,15)(H,16,17)/t8-/m0/s1. The van der Waals surface area contributed by atoms with Crippen molar-refractivity contribution in [3.63, 3.8) is 0 Å². The van der Waals surface area contributed by atoms with Crippen molar-refractivity contribution in [3.8, 4) is 0 Å². The summed E-state index contributed by atoms with van der Waals surface area (Å²) in [6.07, 6.45) is 1.08. The van der Waals surface area contributed by atoms with Crippen molar-refractivity contribution < 1.29 is 19.6 Å². The Morgan fingerprint density at radius 1 is 1.65 bits per heavy atom. The fourth-order valence-corrected chi connectivity index (χ4v) is 2.76. The summed E-state index contributed by atoms with van der Waals surface area (Å²) >= 11 is 4.20. The molecule has 8 nitrogen and oxygen atoms in total. The number of hydrogen-bond donors (Lipinski definition) is 2. The van der Waals surface area contributed by atoms with Crippen LogP contribution in [0.5, 0.6) is 0 Å². The van der Waals surface area contributed by atoms with Crippen LogP contribution in [-0.2, 0) is 9.59 Å². The molecule has 1 amide bonds. The highest BCUT2D eigenvalue weighted by molar-refractivity contribution is 9.10. The Labute approximate surface area is 126 Å². The van der Waals surface area contributed by atoms with Crippen LogP contribution in [0.3, 0.4) is 0 Å². The van der Waals surface area contributed by atoms with Gasteiger partial charge in [-0.1, -0.05) is 0 Å². The minimum Gasteiger partial charge on any atom is -0.480 e. The summed E-state index contributed by atoms with van der Waals surface area (Å²) in [7, 11) is 0. The lowest BCUT2D eigenvalue weighted by molar-refractivity contribution is -0.385. The van der Waals surface area contributed by atoms with Crippen molar-refractivity contribution in [2.45, 2.75) is 18.0 Å². The Hall–Kier alpha value is -1.68. The molecule has 0 saturated heterocycles. The molecule has 0 aromatic carbocycles. The van der Waals surface area contributed by atoms with Crippen LogP contribution >= 0.6 is 27.7 Å². The summed E-state index contributed by atoms with van der Waals surface area (Å²) in [6.45, 7) is 1.22. The van der Waals surface area contributed by atoms with Gasteiger partial charge in [-0.2, -0.15) is 0 Å². The maximum Gasteiger partial charge on any atom is 0.327 e. The Kier molecular flexibility index (Phi) is 5.89. The van der Waals surface area contributed by atoms with Gasteiger partial charge in [-0.15, -0.1) is 11.8 Å². The minimum absolute atomic E-state index is 0.0539. The Bertz CT molecular complexity index is 554. The monoisotopic (exact) mass is 363 g/mol. The van der Waals surface area contributed by atoms with Crippen molar-refractivity contribution >= 4 is 45.3 Å². The molecule has 0 spiro atoms. The van der Waals surface area contributed by atoms with Crippen molar-refractivity contribution in [3.05, 3.63) is 26.9 Å². The van der Waals surface area contributed by atoms with E-state index in [9.17, 15) is 19.7 Å². The molecule has 1 rings (SSSR count). The molecule has 0 aliphatic rings. The second-order valence-corrected chi connectivity index (χ2v) is 5.50. The molecule has 1 aromatic heterocycles. The summed E-state index contributed by atoms with van der Waals surface area (Å²) in [5, 5.41) is 22.2. The third kappa shape index (κ3) is 4.78. The number of nitro groups is 1. The van der Waals surface area contributed by atoms with Crippen LogP contribution < -0.4 is 5.32 Å². The number of carboxylic acid groups (broad SMARTS) is 1. The van der Waals surface area contributed by atoms with Gasteiger partial charge in [0, 0.05) is 18.7 Å². The number of nitrogens with one attached hydrogen (secondary N) is 1. The number of pyridine rings is 1. The first kappa shape index (κ1) is 16.4. The number of thioether (sulfide) groups is 1. The molecule has 1 heterocycles. The van der Waals surface area contributed by atoms with Crippen LogP contribution in [0.1, 0.15) is 6.92 Å². The average Bonchev–Trinajstić information content (AvgIpc) is 2.34. The van der Waals surface area contributed by atoms with Gasteiger partial charge in [0.25, 0.3) is 5.69 Å². The van der Waals surface area contributed by atoms with E-state index in [4.69, 9.17) is 5.11 Å². The van der Waals surface area contributed by atoms with E-state index in [-0.39, 0.29) is 11.4 Å². The zero-order chi connectivity index (χ0) is 15.3. The predicted octanol–water partition coefficient (Wildman–Crippen LogP) is 1.43. The first-order valence-electron chi connectivity index (χ1n) is 5.24. The van der Waals surface area contributed by atoms with Gasteiger partial charge in [0.15, 0.2) is 0 Å². The Balaban J connectivity index is 2.75. The fourth-order valence-electron chi connectivity index (χ4n) is 1.20. The van der Waals surface area contributed by atoms with Crippen LogP contribution in [0.4, 0.5) is 5.69 Å². The lowest BCUT2D eigenvalue weighted by Gasteiger charge is -2.12. The van der Waals surface area contributed by atoms with Crippen LogP contribution in [0, 0.1) is 10.1 Å². The van der Waals surface area contributed by atoms with E-state index in [1.54, 1.807) is 0 Å². The van der Waals surface area contributed by atoms with Gasteiger partial charge in [0.05, 0.1) is 9.40 Å². The SMILES string of the molecule is CC(=O)N[C@@H](CSc1ncc([N+](=O)[O-])cc1Br)C(=O)O. The highest BCUT2D eigenvalue weighted by atomic mass is 79.9. The molecule has 2 N–H and O–H groups in total. The van der Waals surface area contributed by atoms with Crippen molar-refractivity contribution in [1.29, 1.82) is 0 Å². The molecule has 0 fully saturated rings. The first-order valence-corrected chi connectivity index (χ1v) is 7.01. The number of rotatable bonds is 6. The molecule has 20 heavy (non-hydrogen) atoms. The third-order valence-electron chi connectivity index (χ3n) is 2.07. The van der Waals surface area contributed by atoms with Crippen LogP contribution in [0.2, 0.25) is 0 Å². The molecule has 1 aromatic rings. The molecule has 0 saturated carbocycles. The molecule has 10 heteroatoms. The van der Waals surface area contributed by atoms with Gasteiger partial charge in [0.1, 0.15) is 17.3 Å². The second kappa shape index (κ2) is 7.20. The van der Waals surface area contributed by atoms with E-state index in [1.165, 1.54) is 13.0 Å². The number of aliphatic carboxylic acids is 1. The fraction of sp³-hybridized carbons (Fsp3) is 0.300. The minimum atomic E-state index is -1.16. The number of aromatic nitrogens is 1. The number of hydrogen-bond acceptors (Lipinski definition) is 6. The second-order valence-electron chi connectivity index (χ2n) is 3.64. The molecule has 0 aliphatic carbocycles. The highest BCUT2D eigenvalue weighted by Crippen LogP contribution is 2.28.